The Balaban J connectivity index is 2.08. The molecule has 0 saturated carbocycles. The topological polar surface area (TPSA) is 29.0 Å². The molecule has 1 aliphatic heterocycles. The molecule has 1 fully saturated rings. The Morgan fingerprint density at radius 2 is 2.06 bits per heavy atom. The Labute approximate surface area is 95.1 Å². The van der Waals surface area contributed by atoms with Gasteiger partial charge in [0.1, 0.15) is 0 Å². The van der Waals surface area contributed by atoms with Crippen LogP contribution in [-0.2, 0) is 0 Å². The average Bonchev–Trinajstić information content (AvgIpc) is 2.26. The van der Waals surface area contributed by atoms with E-state index < -0.39 is 0 Å². The van der Waals surface area contributed by atoms with E-state index in [-0.39, 0.29) is 0 Å². The minimum atomic E-state index is 0.420. The van der Waals surface area contributed by atoms with Crippen LogP contribution in [0.25, 0.3) is 11.0 Å². The molecule has 81 valence electrons. The Morgan fingerprint density at radius 3 is 2.81 bits per heavy atom. The molecular formula is C13H14N3. The van der Waals surface area contributed by atoms with E-state index in [1.54, 1.807) is 6.20 Å². The second kappa shape index (κ2) is 3.83. The maximum absolute atomic E-state index is 4.29. The van der Waals surface area contributed by atoms with Gasteiger partial charge in [0.2, 0.25) is 0 Å². The highest BCUT2D eigenvalue weighted by Crippen LogP contribution is 2.30. The van der Waals surface area contributed by atoms with E-state index in [2.05, 4.69) is 40.5 Å². The summed E-state index contributed by atoms with van der Waals surface area (Å²) >= 11 is 0. The maximum Gasteiger partial charge on any atom is 0.159 e. The van der Waals surface area contributed by atoms with Crippen molar-refractivity contribution in [2.75, 3.05) is 6.54 Å². The predicted molar refractivity (Wildman–Crippen MR) is 63.6 cm³/mol. The van der Waals surface area contributed by atoms with Crippen LogP contribution in [0.5, 0.6) is 0 Å². The van der Waals surface area contributed by atoms with E-state index in [1.165, 1.54) is 12.0 Å². The molecule has 0 bridgehead atoms. The van der Waals surface area contributed by atoms with Gasteiger partial charge in [-0.1, -0.05) is 0 Å². The third-order valence-corrected chi connectivity index (χ3v) is 3.25. The van der Waals surface area contributed by atoms with Gasteiger partial charge in [-0.25, -0.2) is 9.97 Å². The first-order valence-electron chi connectivity index (χ1n) is 5.65. The quantitative estimate of drug-likeness (QED) is 0.766. The highest BCUT2D eigenvalue weighted by Gasteiger charge is 2.23. The van der Waals surface area contributed by atoms with Crippen LogP contribution in [0.2, 0.25) is 0 Å². The molecule has 0 N–H and O–H groups in total. The third-order valence-electron chi connectivity index (χ3n) is 3.25. The largest absolute Gasteiger partial charge is 0.292 e. The van der Waals surface area contributed by atoms with Crippen LogP contribution in [0.4, 0.5) is 0 Å². The first-order chi connectivity index (χ1) is 7.86. The number of fused-ring (bicyclic) bond motifs is 1. The van der Waals surface area contributed by atoms with Crippen molar-refractivity contribution in [3.63, 3.8) is 0 Å². The number of pyridine rings is 2. The molecule has 3 heterocycles. The van der Waals surface area contributed by atoms with Gasteiger partial charge < -0.3 is 0 Å². The summed E-state index contributed by atoms with van der Waals surface area (Å²) < 4.78 is 0. The number of hydrogen-bond donors (Lipinski definition) is 0. The van der Waals surface area contributed by atoms with E-state index in [0.29, 0.717) is 6.04 Å². The van der Waals surface area contributed by atoms with Crippen molar-refractivity contribution in [2.45, 2.75) is 19.4 Å². The van der Waals surface area contributed by atoms with E-state index in [4.69, 9.17) is 0 Å². The summed E-state index contributed by atoms with van der Waals surface area (Å²) in [6.07, 6.45) is 4.84. The summed E-state index contributed by atoms with van der Waals surface area (Å²) in [7, 11) is 0. The monoisotopic (exact) mass is 212 g/mol. The SMILES string of the molecule is C[C@H](c1ccnc2ncccc12)N1[CH]CC1. The number of likely N-dealkylation sites (tertiary alicyclic amines) is 1. The Hall–Kier alpha value is -1.48. The van der Waals surface area contributed by atoms with Gasteiger partial charge in [0, 0.05) is 36.9 Å². The number of hydrogen-bond acceptors (Lipinski definition) is 3. The van der Waals surface area contributed by atoms with Crippen LogP contribution in [-0.4, -0.2) is 21.4 Å². The molecule has 3 heteroatoms. The summed E-state index contributed by atoms with van der Waals surface area (Å²) in [5, 5.41) is 1.16. The minimum Gasteiger partial charge on any atom is -0.292 e. The molecule has 0 aromatic carbocycles. The molecule has 2 aromatic heterocycles. The summed E-state index contributed by atoms with van der Waals surface area (Å²) in [5.41, 5.74) is 2.15. The van der Waals surface area contributed by atoms with Crippen molar-refractivity contribution in [3.05, 3.63) is 42.7 Å². The van der Waals surface area contributed by atoms with Crippen molar-refractivity contribution in [1.82, 2.24) is 14.9 Å². The minimum absolute atomic E-state index is 0.420. The fourth-order valence-electron chi connectivity index (χ4n) is 2.18. The molecule has 3 nitrogen and oxygen atoms in total. The smallest absolute Gasteiger partial charge is 0.159 e. The molecule has 0 aliphatic carbocycles. The van der Waals surface area contributed by atoms with E-state index in [9.17, 15) is 0 Å². The standard InChI is InChI=1S/C13H14N3/c1-10(16-8-3-9-16)11-5-7-15-13-12(11)4-2-6-14-13/h2,4-8,10H,3,9H2,1H3/t10-/m1/s1. The van der Waals surface area contributed by atoms with Crippen LogP contribution in [0, 0.1) is 6.54 Å². The molecule has 1 saturated heterocycles. The highest BCUT2D eigenvalue weighted by molar-refractivity contribution is 5.78. The molecule has 2 aromatic rings. The normalized spacial score (nSPS) is 18.3. The van der Waals surface area contributed by atoms with Gasteiger partial charge in [0.15, 0.2) is 5.65 Å². The van der Waals surface area contributed by atoms with Crippen LogP contribution < -0.4 is 0 Å². The van der Waals surface area contributed by atoms with Crippen molar-refractivity contribution < 1.29 is 0 Å². The van der Waals surface area contributed by atoms with Gasteiger partial charge in [-0.2, -0.15) is 0 Å². The van der Waals surface area contributed by atoms with Gasteiger partial charge in [-0.05, 0) is 37.1 Å². The van der Waals surface area contributed by atoms with Gasteiger partial charge >= 0.3 is 0 Å². The second-order valence-corrected chi connectivity index (χ2v) is 4.16. The van der Waals surface area contributed by atoms with E-state index in [1.807, 2.05) is 12.3 Å². The van der Waals surface area contributed by atoms with Crippen LogP contribution in [0.3, 0.4) is 0 Å². The molecule has 16 heavy (non-hydrogen) atoms. The summed E-state index contributed by atoms with van der Waals surface area (Å²) in [6, 6.07) is 6.59. The fraction of sp³-hybridized carbons (Fsp3) is 0.308. The summed E-state index contributed by atoms with van der Waals surface area (Å²) in [5.74, 6) is 0. The van der Waals surface area contributed by atoms with Crippen molar-refractivity contribution in [1.29, 1.82) is 0 Å². The molecule has 1 radical (unpaired) electrons. The van der Waals surface area contributed by atoms with Crippen molar-refractivity contribution in [3.8, 4) is 0 Å². The average molecular weight is 212 g/mol. The molecule has 0 unspecified atom stereocenters. The Morgan fingerprint density at radius 1 is 1.25 bits per heavy atom. The highest BCUT2D eigenvalue weighted by atomic mass is 15.2. The summed E-state index contributed by atoms with van der Waals surface area (Å²) in [6.45, 7) is 5.65. The van der Waals surface area contributed by atoms with Gasteiger partial charge in [-0.3, -0.25) is 4.90 Å². The molecule has 1 atom stereocenters. The van der Waals surface area contributed by atoms with Gasteiger partial charge in [0.25, 0.3) is 0 Å². The van der Waals surface area contributed by atoms with Gasteiger partial charge in [0.05, 0.1) is 0 Å². The lowest BCUT2D eigenvalue weighted by molar-refractivity contribution is 0.187. The molecule has 1 aliphatic rings. The first-order valence-corrected chi connectivity index (χ1v) is 5.65. The molecule has 0 amide bonds. The first kappa shape index (κ1) is 9.73. The molecule has 0 spiro atoms. The number of nitrogens with zero attached hydrogens (tertiary/aromatic N) is 3. The van der Waals surface area contributed by atoms with Crippen molar-refractivity contribution in [2.24, 2.45) is 0 Å². The molecular weight excluding hydrogens is 198 g/mol. The lowest BCUT2D eigenvalue weighted by atomic mass is 10.0. The second-order valence-electron chi connectivity index (χ2n) is 4.16. The van der Waals surface area contributed by atoms with Crippen molar-refractivity contribution >= 4 is 11.0 Å². The number of aromatic nitrogens is 2. The van der Waals surface area contributed by atoms with Crippen LogP contribution in [0.1, 0.15) is 24.9 Å². The zero-order valence-corrected chi connectivity index (χ0v) is 9.30. The lowest BCUT2D eigenvalue weighted by Crippen LogP contribution is -2.34. The van der Waals surface area contributed by atoms with E-state index >= 15 is 0 Å². The van der Waals surface area contributed by atoms with Gasteiger partial charge in [-0.15, -0.1) is 0 Å². The summed E-state index contributed by atoms with van der Waals surface area (Å²) in [4.78, 5) is 10.9. The third kappa shape index (κ3) is 1.48. The maximum atomic E-state index is 4.29. The Bertz CT molecular complexity index is 500. The zero-order chi connectivity index (χ0) is 11.0. The van der Waals surface area contributed by atoms with Crippen LogP contribution >= 0.6 is 0 Å². The zero-order valence-electron chi connectivity index (χ0n) is 9.30. The van der Waals surface area contributed by atoms with Crippen LogP contribution in [0.15, 0.2) is 30.6 Å². The predicted octanol–water partition coefficient (Wildman–Crippen LogP) is 2.56. The Kier molecular flexibility index (Phi) is 2.33. The fourth-order valence-corrected chi connectivity index (χ4v) is 2.18. The van der Waals surface area contributed by atoms with E-state index in [0.717, 1.165) is 17.6 Å². The number of rotatable bonds is 2. The lowest BCUT2D eigenvalue weighted by Gasteiger charge is -2.36. The molecule has 3 rings (SSSR count).